The van der Waals surface area contributed by atoms with Crippen LogP contribution in [0.25, 0.3) is 0 Å². The highest BCUT2D eigenvalue weighted by atomic mass is 32.2. The number of aryl methyl sites for hydroxylation is 1. The number of fused-ring (bicyclic) bond motifs is 1. The molecule has 9 heteroatoms. The number of carbonyl (C=O) groups is 1. The Balaban J connectivity index is 1.62. The molecular weight excluding hydrogens is 429 g/mol. The van der Waals surface area contributed by atoms with Crippen LogP contribution in [0.2, 0.25) is 0 Å². The Morgan fingerprint density at radius 3 is 2.81 bits per heavy atom. The first kappa shape index (κ1) is 21.7. The molecular formula is C23H22FN5O2S. The van der Waals surface area contributed by atoms with Crippen molar-refractivity contribution in [2.75, 3.05) is 5.32 Å². The second kappa shape index (κ2) is 8.57. The lowest BCUT2D eigenvalue weighted by atomic mass is 9.99. The van der Waals surface area contributed by atoms with Gasteiger partial charge >= 0.3 is 0 Å². The highest BCUT2D eigenvalue weighted by Crippen LogP contribution is 2.29. The number of halogens is 1. The molecule has 32 heavy (non-hydrogen) atoms. The molecule has 0 spiro atoms. The number of aromatic nitrogens is 1. The summed E-state index contributed by atoms with van der Waals surface area (Å²) >= 11 is 0. The van der Waals surface area contributed by atoms with E-state index >= 15 is 0 Å². The van der Waals surface area contributed by atoms with Crippen LogP contribution < -0.4 is 10.0 Å². The zero-order valence-electron chi connectivity index (χ0n) is 17.4. The Morgan fingerprint density at radius 2 is 2.09 bits per heavy atom. The van der Waals surface area contributed by atoms with Gasteiger partial charge in [0.15, 0.2) is 0 Å². The van der Waals surface area contributed by atoms with Crippen LogP contribution in [0.1, 0.15) is 33.6 Å². The van der Waals surface area contributed by atoms with Crippen molar-refractivity contribution < 1.29 is 13.4 Å². The van der Waals surface area contributed by atoms with Gasteiger partial charge in [-0.15, -0.1) is 0 Å². The highest BCUT2D eigenvalue weighted by Gasteiger charge is 2.31. The van der Waals surface area contributed by atoms with Gasteiger partial charge in [0.05, 0.1) is 10.5 Å². The molecule has 2 aromatic carbocycles. The molecule has 2 heterocycles. The molecule has 0 radical (unpaired) electrons. The minimum Gasteiger partial charge on any atom is -0.345 e. The number of nitrogens with zero attached hydrogens (tertiary/aromatic N) is 2. The van der Waals surface area contributed by atoms with Crippen molar-refractivity contribution in [2.45, 2.75) is 30.2 Å². The summed E-state index contributed by atoms with van der Waals surface area (Å²) in [5.41, 5.74) is 2.05. The van der Waals surface area contributed by atoms with E-state index in [0.29, 0.717) is 35.4 Å². The van der Waals surface area contributed by atoms with Gasteiger partial charge in [0, 0.05) is 30.5 Å². The maximum absolute atomic E-state index is 13.6. The number of nitrogens with one attached hydrogen (secondary N) is 3. The molecule has 1 aliphatic heterocycles. The van der Waals surface area contributed by atoms with Crippen LogP contribution in [0, 0.1) is 21.9 Å². The highest BCUT2D eigenvalue weighted by molar-refractivity contribution is 7.90. The average molecular weight is 452 g/mol. The maximum Gasteiger partial charge on any atom is 0.272 e. The van der Waals surface area contributed by atoms with Crippen molar-refractivity contribution in [3.05, 3.63) is 82.9 Å². The molecule has 1 amide bonds. The standard InChI is InChI=1S/C23H22FN5O2S/c1-29-14-21-19(22(29)23(30)27-17-8-10-20(24)16(12-17)13-25)9-7-18(28-32(21,26)31)11-15-5-3-2-4-6-15/h2-6,8,10,12,14,18H,7,9,11H2,1H3,(H,27,30)(H2,26,28,31)/t18-,32?/m0/s1. The number of hydrogen-bond acceptors (Lipinski definition) is 4. The summed E-state index contributed by atoms with van der Waals surface area (Å²) in [6.45, 7) is 0. The maximum atomic E-state index is 13.6. The van der Waals surface area contributed by atoms with Crippen molar-refractivity contribution in [2.24, 2.45) is 7.05 Å². The predicted octanol–water partition coefficient (Wildman–Crippen LogP) is 3.76. The summed E-state index contributed by atoms with van der Waals surface area (Å²) in [4.78, 5) is 13.4. The summed E-state index contributed by atoms with van der Waals surface area (Å²) in [6.07, 6.45) is 3.27. The number of benzene rings is 2. The molecule has 0 aliphatic carbocycles. The molecule has 164 valence electrons. The lowest BCUT2D eigenvalue weighted by Gasteiger charge is -2.17. The second-order valence-electron chi connectivity index (χ2n) is 7.79. The fraction of sp³-hybridized carbons (Fsp3) is 0.217. The van der Waals surface area contributed by atoms with Crippen LogP contribution in [0.4, 0.5) is 10.1 Å². The summed E-state index contributed by atoms with van der Waals surface area (Å²) in [7, 11) is -1.66. The first-order valence-corrected chi connectivity index (χ1v) is 11.6. The fourth-order valence-electron chi connectivity index (χ4n) is 4.03. The van der Waals surface area contributed by atoms with E-state index in [1.807, 2.05) is 30.3 Å². The number of carbonyl (C=O) groups excluding carboxylic acids is 1. The Morgan fingerprint density at radius 1 is 1.34 bits per heavy atom. The van der Waals surface area contributed by atoms with E-state index in [9.17, 15) is 13.4 Å². The van der Waals surface area contributed by atoms with E-state index in [-0.39, 0.29) is 17.3 Å². The van der Waals surface area contributed by atoms with Crippen molar-refractivity contribution in [1.82, 2.24) is 9.29 Å². The zero-order valence-corrected chi connectivity index (χ0v) is 18.2. The molecule has 0 saturated heterocycles. The van der Waals surface area contributed by atoms with Crippen LogP contribution >= 0.6 is 0 Å². The van der Waals surface area contributed by atoms with Crippen LogP contribution in [0.3, 0.4) is 0 Å². The van der Waals surface area contributed by atoms with Gasteiger partial charge in [-0.3, -0.25) is 4.79 Å². The van der Waals surface area contributed by atoms with Crippen molar-refractivity contribution >= 4 is 21.5 Å². The fourth-order valence-corrected chi connectivity index (χ4v) is 5.68. The number of rotatable bonds is 4. The van der Waals surface area contributed by atoms with Gasteiger partial charge in [-0.25, -0.2) is 18.1 Å². The van der Waals surface area contributed by atoms with Gasteiger partial charge in [-0.2, -0.15) is 5.26 Å². The van der Waals surface area contributed by atoms with Gasteiger partial charge in [0.25, 0.3) is 5.91 Å². The monoisotopic (exact) mass is 451 g/mol. The molecule has 1 aliphatic rings. The van der Waals surface area contributed by atoms with Crippen molar-refractivity contribution in [1.29, 1.82) is 10.0 Å². The average Bonchev–Trinajstić information content (AvgIpc) is 3.05. The first-order valence-electron chi connectivity index (χ1n) is 10.1. The predicted molar refractivity (Wildman–Crippen MR) is 119 cm³/mol. The van der Waals surface area contributed by atoms with Gasteiger partial charge in [0.1, 0.15) is 27.5 Å². The van der Waals surface area contributed by atoms with E-state index < -0.39 is 21.6 Å². The van der Waals surface area contributed by atoms with Gasteiger partial charge in [-0.05, 0) is 43.0 Å². The molecule has 0 saturated carbocycles. The minimum atomic E-state index is -3.32. The Kier molecular flexibility index (Phi) is 5.82. The molecule has 2 atom stereocenters. The number of anilines is 1. The van der Waals surface area contributed by atoms with Gasteiger partial charge in [-0.1, -0.05) is 30.3 Å². The molecule has 0 fully saturated rings. The normalized spacial score (nSPS) is 20.1. The molecule has 0 bridgehead atoms. The number of nitriles is 1. The van der Waals surface area contributed by atoms with Crippen LogP contribution in [-0.2, 0) is 29.8 Å². The quantitative estimate of drug-likeness (QED) is 0.562. The zero-order chi connectivity index (χ0) is 22.9. The van der Waals surface area contributed by atoms with Crippen molar-refractivity contribution in [3.8, 4) is 6.07 Å². The largest absolute Gasteiger partial charge is 0.345 e. The lowest BCUT2D eigenvalue weighted by molar-refractivity contribution is 0.101. The molecule has 3 aromatic rings. The summed E-state index contributed by atoms with van der Waals surface area (Å²) < 4.78 is 39.9. The summed E-state index contributed by atoms with van der Waals surface area (Å²) in [5.74, 6) is -1.14. The van der Waals surface area contributed by atoms with E-state index in [0.717, 1.165) is 11.6 Å². The first-order chi connectivity index (χ1) is 15.3. The SMILES string of the molecule is Cn1cc2c(c1C(=O)Nc1ccc(F)c(C#N)c1)CC[C@@H](Cc1ccccc1)NS2(=N)=O. The van der Waals surface area contributed by atoms with Crippen molar-refractivity contribution in [3.63, 3.8) is 0 Å². The number of hydrogen-bond donors (Lipinski definition) is 3. The third kappa shape index (κ3) is 4.28. The van der Waals surface area contributed by atoms with Crippen LogP contribution in [0.5, 0.6) is 0 Å². The third-order valence-corrected chi connectivity index (χ3v) is 7.15. The van der Waals surface area contributed by atoms with E-state index in [4.69, 9.17) is 10.0 Å². The van der Waals surface area contributed by atoms with Gasteiger partial charge in [0.2, 0.25) is 0 Å². The van der Waals surface area contributed by atoms with E-state index in [1.165, 1.54) is 12.1 Å². The second-order valence-corrected chi connectivity index (χ2v) is 9.58. The number of amides is 1. The molecule has 4 rings (SSSR count). The third-order valence-electron chi connectivity index (χ3n) is 5.52. The topological polar surface area (TPSA) is 111 Å². The van der Waals surface area contributed by atoms with E-state index in [2.05, 4.69) is 10.0 Å². The Hall–Kier alpha value is -3.48. The lowest BCUT2D eigenvalue weighted by Crippen LogP contribution is -2.34. The smallest absolute Gasteiger partial charge is 0.272 e. The Bertz CT molecular complexity index is 1330. The van der Waals surface area contributed by atoms with Crippen LogP contribution in [0.15, 0.2) is 59.6 Å². The van der Waals surface area contributed by atoms with Gasteiger partial charge < -0.3 is 9.88 Å². The molecule has 1 aromatic heterocycles. The summed E-state index contributed by atoms with van der Waals surface area (Å²) in [6, 6.07) is 15.1. The van der Waals surface area contributed by atoms with E-state index in [1.54, 1.807) is 23.9 Å². The Labute approximate surface area is 186 Å². The molecule has 3 N–H and O–H groups in total. The molecule has 1 unspecified atom stereocenters. The summed E-state index contributed by atoms with van der Waals surface area (Å²) in [5, 5.41) is 11.7. The van der Waals surface area contributed by atoms with Crippen LogP contribution in [-0.4, -0.2) is 20.7 Å². The molecule has 7 nitrogen and oxygen atoms in total. The minimum absolute atomic E-state index is 0.171.